The average molecular weight is 585 g/mol. The van der Waals surface area contributed by atoms with Crippen molar-refractivity contribution < 1.29 is 18.0 Å². The van der Waals surface area contributed by atoms with Crippen molar-refractivity contribution in [1.29, 1.82) is 0 Å². The molecule has 42 heavy (non-hydrogen) atoms. The van der Waals surface area contributed by atoms with E-state index in [0.29, 0.717) is 42.3 Å². The maximum atomic E-state index is 13.1. The van der Waals surface area contributed by atoms with Crippen molar-refractivity contribution in [3.63, 3.8) is 0 Å². The van der Waals surface area contributed by atoms with Crippen molar-refractivity contribution in [2.75, 3.05) is 41.7 Å². The molecule has 0 radical (unpaired) electrons. The molecule has 0 spiro atoms. The Balaban J connectivity index is 1.10. The molecule has 1 saturated heterocycles. The number of hydrogen-bond acceptors (Lipinski definition) is 7. The van der Waals surface area contributed by atoms with Crippen LogP contribution in [-0.2, 0) is 10.0 Å². The third kappa shape index (κ3) is 5.34. The van der Waals surface area contributed by atoms with Gasteiger partial charge in [0.05, 0.1) is 22.3 Å². The Kier molecular flexibility index (Phi) is 7.19. The van der Waals surface area contributed by atoms with Crippen LogP contribution < -0.4 is 15.5 Å². The zero-order valence-corrected chi connectivity index (χ0v) is 23.5. The van der Waals surface area contributed by atoms with Gasteiger partial charge in [0.1, 0.15) is 5.69 Å². The normalized spacial score (nSPS) is 14.2. The van der Waals surface area contributed by atoms with Gasteiger partial charge in [-0.15, -0.1) is 0 Å². The first-order chi connectivity index (χ1) is 20.3. The minimum Gasteiger partial charge on any atom is -0.369 e. The highest BCUT2D eigenvalue weighted by molar-refractivity contribution is 7.89. The summed E-state index contributed by atoms with van der Waals surface area (Å²) in [5.41, 5.74) is 3.73. The number of aryl methyl sites for hydroxylation is 1. The number of anilines is 3. The molecule has 6 rings (SSSR count). The number of carbonyl (C=O) groups excluding carboxylic acids is 2. The number of aromatic nitrogens is 4. The first-order valence-electron chi connectivity index (χ1n) is 13.3. The number of sulfonamides is 1. The van der Waals surface area contributed by atoms with Gasteiger partial charge in [-0.2, -0.15) is 4.31 Å². The molecule has 5 aromatic rings. The Morgan fingerprint density at radius 2 is 1.62 bits per heavy atom. The van der Waals surface area contributed by atoms with Gasteiger partial charge in [0.15, 0.2) is 5.69 Å². The fourth-order valence-corrected chi connectivity index (χ4v) is 6.36. The Hall–Kier alpha value is -5.01. The van der Waals surface area contributed by atoms with Gasteiger partial charge in [0, 0.05) is 37.6 Å². The molecule has 4 N–H and O–H groups in total. The molecule has 3 aromatic carbocycles. The van der Waals surface area contributed by atoms with Gasteiger partial charge < -0.3 is 20.2 Å². The summed E-state index contributed by atoms with van der Waals surface area (Å²) in [5, 5.41) is 5.50. The second-order valence-corrected chi connectivity index (χ2v) is 11.8. The third-order valence-electron chi connectivity index (χ3n) is 7.15. The first-order valence-corrected chi connectivity index (χ1v) is 14.8. The lowest BCUT2D eigenvalue weighted by molar-refractivity contribution is 0.0985. The number of piperazine rings is 1. The van der Waals surface area contributed by atoms with E-state index in [4.69, 9.17) is 0 Å². The molecule has 214 valence electrons. The van der Waals surface area contributed by atoms with Crippen LogP contribution >= 0.6 is 0 Å². The van der Waals surface area contributed by atoms with Gasteiger partial charge in [-0.05, 0) is 55.0 Å². The number of hydrogen-bond donors (Lipinski definition) is 4. The number of fused-ring (bicyclic) bond motifs is 1. The molecule has 0 unspecified atom stereocenters. The van der Waals surface area contributed by atoms with E-state index >= 15 is 0 Å². The average Bonchev–Trinajstić information content (AvgIpc) is 3.66. The van der Waals surface area contributed by atoms with Crippen LogP contribution in [0.3, 0.4) is 0 Å². The van der Waals surface area contributed by atoms with Crippen molar-refractivity contribution >= 4 is 50.2 Å². The highest BCUT2D eigenvalue weighted by Crippen LogP contribution is 2.26. The van der Waals surface area contributed by atoms with Crippen LogP contribution in [0, 0.1) is 6.92 Å². The van der Waals surface area contributed by atoms with Crippen LogP contribution in [0.25, 0.3) is 11.0 Å². The molecule has 0 atom stereocenters. The molecular formula is C29H28N8O4S. The molecule has 2 aromatic heterocycles. The standard InChI is InChI=1S/C29H28N8O4S/c1-19-17-20(36-13-15-37(16-14-36)42(40,41)21-7-3-2-4-8-21)11-12-22(19)32-27(38)25-26(31-18-30-25)28(39)35-29-33-23-9-5-6-10-24(23)34-29/h2-12,17-18H,13-16H2,1H3,(H,30,31)(H,32,38)(H2,33,34,35,39). The number of aromatic amines is 2. The minimum absolute atomic E-state index is 0.00514. The maximum Gasteiger partial charge on any atom is 0.276 e. The fraction of sp³-hybridized carbons (Fsp3) is 0.172. The molecule has 1 aliphatic heterocycles. The Labute approximate surface area is 241 Å². The van der Waals surface area contributed by atoms with Gasteiger partial charge in [-0.3, -0.25) is 14.9 Å². The quantitative estimate of drug-likeness (QED) is 0.228. The lowest BCUT2D eigenvalue weighted by atomic mass is 10.1. The van der Waals surface area contributed by atoms with E-state index in [0.717, 1.165) is 16.8 Å². The molecule has 0 saturated carbocycles. The number of H-pyrrole nitrogens is 2. The molecule has 0 aliphatic carbocycles. The predicted octanol–water partition coefficient (Wildman–Crippen LogP) is 3.61. The van der Waals surface area contributed by atoms with Crippen LogP contribution in [0.1, 0.15) is 26.5 Å². The second-order valence-electron chi connectivity index (χ2n) is 9.84. The number of amides is 2. The zero-order valence-electron chi connectivity index (χ0n) is 22.7. The number of benzene rings is 3. The summed E-state index contributed by atoms with van der Waals surface area (Å²) in [5.74, 6) is -0.842. The highest BCUT2D eigenvalue weighted by Gasteiger charge is 2.29. The molecule has 1 aliphatic rings. The molecule has 13 heteroatoms. The maximum absolute atomic E-state index is 13.1. The van der Waals surface area contributed by atoms with Crippen molar-refractivity contribution in [2.24, 2.45) is 0 Å². The number of imidazole rings is 2. The first kappa shape index (κ1) is 27.2. The fourth-order valence-electron chi connectivity index (χ4n) is 4.92. The smallest absolute Gasteiger partial charge is 0.276 e. The van der Waals surface area contributed by atoms with E-state index in [1.165, 1.54) is 10.6 Å². The number of rotatable bonds is 7. The van der Waals surface area contributed by atoms with Crippen LogP contribution in [0.15, 0.2) is 84.0 Å². The van der Waals surface area contributed by atoms with E-state index in [1.807, 2.05) is 43.3 Å². The monoisotopic (exact) mass is 584 g/mol. The topological polar surface area (TPSA) is 156 Å². The lowest BCUT2D eigenvalue weighted by Gasteiger charge is -2.35. The van der Waals surface area contributed by atoms with Crippen LogP contribution in [0.2, 0.25) is 0 Å². The molecule has 12 nitrogen and oxygen atoms in total. The molecule has 1 fully saturated rings. The molecule has 2 amide bonds. The largest absolute Gasteiger partial charge is 0.369 e. The van der Waals surface area contributed by atoms with Gasteiger partial charge >= 0.3 is 0 Å². The Bertz CT molecular complexity index is 1840. The third-order valence-corrected chi connectivity index (χ3v) is 9.06. The summed E-state index contributed by atoms with van der Waals surface area (Å²) in [6.07, 6.45) is 1.29. The van der Waals surface area contributed by atoms with Gasteiger partial charge in [0.25, 0.3) is 11.8 Å². The SMILES string of the molecule is Cc1cc(N2CCN(S(=O)(=O)c3ccccc3)CC2)ccc1NC(=O)c1nc[nH]c1C(=O)Nc1nc2ccccc2[nH]1. The van der Waals surface area contributed by atoms with E-state index in [2.05, 4.69) is 35.5 Å². The number of para-hydroxylation sites is 2. The summed E-state index contributed by atoms with van der Waals surface area (Å²) in [7, 11) is -3.53. The number of nitrogens with one attached hydrogen (secondary N) is 4. The lowest BCUT2D eigenvalue weighted by Crippen LogP contribution is -2.48. The van der Waals surface area contributed by atoms with Gasteiger partial charge in [-0.25, -0.2) is 18.4 Å². The summed E-state index contributed by atoms with van der Waals surface area (Å²) < 4.78 is 27.4. The summed E-state index contributed by atoms with van der Waals surface area (Å²) in [6, 6.07) is 21.4. The summed E-state index contributed by atoms with van der Waals surface area (Å²) in [6.45, 7) is 3.68. The van der Waals surface area contributed by atoms with Gasteiger partial charge in [-0.1, -0.05) is 30.3 Å². The number of carbonyl (C=O) groups is 2. The van der Waals surface area contributed by atoms with Crippen molar-refractivity contribution in [1.82, 2.24) is 24.2 Å². The van der Waals surface area contributed by atoms with Crippen molar-refractivity contribution in [2.45, 2.75) is 11.8 Å². The number of nitrogens with zero attached hydrogens (tertiary/aromatic N) is 4. The summed E-state index contributed by atoms with van der Waals surface area (Å²) >= 11 is 0. The summed E-state index contributed by atoms with van der Waals surface area (Å²) in [4.78, 5) is 42.6. The second kappa shape index (κ2) is 11.1. The van der Waals surface area contributed by atoms with E-state index in [1.54, 1.807) is 36.4 Å². The minimum atomic E-state index is -3.53. The molecule has 0 bridgehead atoms. The Morgan fingerprint density at radius 1 is 0.881 bits per heavy atom. The molecular weight excluding hydrogens is 556 g/mol. The van der Waals surface area contributed by atoms with Crippen molar-refractivity contribution in [3.8, 4) is 0 Å². The van der Waals surface area contributed by atoms with E-state index in [-0.39, 0.29) is 17.3 Å². The van der Waals surface area contributed by atoms with Gasteiger partial charge in [0.2, 0.25) is 16.0 Å². The van der Waals surface area contributed by atoms with E-state index in [9.17, 15) is 18.0 Å². The van der Waals surface area contributed by atoms with Crippen LogP contribution in [0.5, 0.6) is 0 Å². The van der Waals surface area contributed by atoms with Crippen LogP contribution in [0.4, 0.5) is 17.3 Å². The van der Waals surface area contributed by atoms with Crippen LogP contribution in [-0.4, -0.2) is 70.7 Å². The zero-order chi connectivity index (χ0) is 29.3. The predicted molar refractivity (Wildman–Crippen MR) is 159 cm³/mol. The Morgan fingerprint density at radius 3 is 2.36 bits per heavy atom. The van der Waals surface area contributed by atoms with E-state index < -0.39 is 21.8 Å². The highest BCUT2D eigenvalue weighted by atomic mass is 32.2. The molecule has 3 heterocycles. The van der Waals surface area contributed by atoms with Crippen molar-refractivity contribution in [3.05, 3.63) is 96.1 Å².